The van der Waals surface area contributed by atoms with Gasteiger partial charge in [0, 0.05) is 19.6 Å². The van der Waals surface area contributed by atoms with Gasteiger partial charge in [-0.05, 0) is 27.7 Å². The van der Waals surface area contributed by atoms with Crippen LogP contribution in [0.2, 0.25) is 5.02 Å². The summed E-state index contributed by atoms with van der Waals surface area (Å²) < 4.78 is 1.39. The Balaban J connectivity index is 2.66. The second-order valence-corrected chi connectivity index (χ2v) is 5.40. The molecular formula is C13H24ClN5O. The molecule has 20 heavy (non-hydrogen) atoms. The van der Waals surface area contributed by atoms with Gasteiger partial charge in [0.15, 0.2) is 0 Å². The van der Waals surface area contributed by atoms with Crippen molar-refractivity contribution in [3.63, 3.8) is 0 Å². The first-order valence-electron chi connectivity index (χ1n) is 6.78. The Bertz CT molecular complexity index is 474. The molecule has 0 aromatic carbocycles. The zero-order chi connectivity index (χ0) is 15.1. The van der Waals surface area contributed by atoms with Crippen molar-refractivity contribution >= 4 is 17.3 Å². The van der Waals surface area contributed by atoms with Crippen LogP contribution in [-0.4, -0.2) is 66.9 Å². The molecule has 114 valence electrons. The van der Waals surface area contributed by atoms with Crippen LogP contribution in [0.4, 0.5) is 5.69 Å². The number of rotatable bonds is 8. The van der Waals surface area contributed by atoms with Crippen LogP contribution in [0.25, 0.3) is 0 Å². The number of nitrogens with zero attached hydrogens (tertiary/aromatic N) is 4. The van der Waals surface area contributed by atoms with E-state index in [1.807, 2.05) is 26.0 Å². The minimum absolute atomic E-state index is 0.206. The first-order valence-corrected chi connectivity index (χ1v) is 7.16. The Kier molecular flexibility index (Phi) is 6.98. The van der Waals surface area contributed by atoms with Gasteiger partial charge in [-0.2, -0.15) is 5.10 Å². The van der Waals surface area contributed by atoms with E-state index in [9.17, 15) is 4.79 Å². The molecule has 0 saturated carbocycles. The van der Waals surface area contributed by atoms with Crippen molar-refractivity contribution in [1.29, 1.82) is 0 Å². The van der Waals surface area contributed by atoms with Crippen molar-refractivity contribution in [2.24, 2.45) is 0 Å². The van der Waals surface area contributed by atoms with Gasteiger partial charge in [0.1, 0.15) is 5.02 Å². The lowest BCUT2D eigenvalue weighted by Crippen LogP contribution is -2.30. The van der Waals surface area contributed by atoms with Gasteiger partial charge in [-0.25, -0.2) is 4.68 Å². The Hall–Kier alpha value is -1.11. The minimum atomic E-state index is -0.248. The quantitative estimate of drug-likeness (QED) is 0.770. The third-order valence-corrected chi connectivity index (χ3v) is 3.46. The third-order valence-electron chi connectivity index (χ3n) is 3.09. The summed E-state index contributed by atoms with van der Waals surface area (Å²) in [5, 5.41) is 7.50. The average Bonchev–Trinajstić information content (AvgIpc) is 2.42. The highest BCUT2D eigenvalue weighted by atomic mass is 35.5. The van der Waals surface area contributed by atoms with Crippen LogP contribution in [0.1, 0.15) is 6.92 Å². The van der Waals surface area contributed by atoms with E-state index in [1.165, 1.54) is 4.68 Å². The Labute approximate surface area is 125 Å². The van der Waals surface area contributed by atoms with Crippen LogP contribution in [0.5, 0.6) is 0 Å². The predicted octanol–water partition coefficient (Wildman–Crippen LogP) is 0.822. The van der Waals surface area contributed by atoms with Gasteiger partial charge in [-0.1, -0.05) is 18.5 Å². The molecule has 7 heteroatoms. The van der Waals surface area contributed by atoms with Gasteiger partial charge in [-0.15, -0.1) is 0 Å². The summed E-state index contributed by atoms with van der Waals surface area (Å²) in [6, 6.07) is 0. The van der Waals surface area contributed by atoms with Gasteiger partial charge in [0.05, 0.1) is 18.4 Å². The first kappa shape index (κ1) is 16.9. The molecule has 1 aromatic rings. The Morgan fingerprint density at radius 1 is 1.35 bits per heavy atom. The number of nitrogens with one attached hydrogen (secondary N) is 1. The molecule has 0 radical (unpaired) electrons. The van der Waals surface area contributed by atoms with E-state index in [2.05, 4.69) is 22.2 Å². The SMILES string of the molecule is CCN(C)CCNc1cnn(CCN(C)C)c(=O)c1Cl. The first-order chi connectivity index (χ1) is 9.45. The summed E-state index contributed by atoms with van der Waals surface area (Å²) in [6.07, 6.45) is 1.62. The Morgan fingerprint density at radius 3 is 2.65 bits per heavy atom. The molecule has 1 aromatic heterocycles. The van der Waals surface area contributed by atoms with E-state index in [0.29, 0.717) is 12.2 Å². The van der Waals surface area contributed by atoms with Crippen LogP contribution < -0.4 is 10.9 Å². The van der Waals surface area contributed by atoms with Gasteiger partial charge >= 0.3 is 0 Å². The lowest BCUT2D eigenvalue weighted by Gasteiger charge is -2.15. The summed E-state index contributed by atoms with van der Waals surface area (Å²) in [5.74, 6) is 0. The fourth-order valence-corrected chi connectivity index (χ4v) is 1.80. The summed E-state index contributed by atoms with van der Waals surface area (Å²) in [7, 11) is 5.94. The molecule has 0 atom stereocenters. The van der Waals surface area contributed by atoms with Gasteiger partial charge < -0.3 is 15.1 Å². The van der Waals surface area contributed by atoms with Crippen molar-refractivity contribution in [3.8, 4) is 0 Å². The molecule has 0 saturated heterocycles. The molecule has 0 aliphatic carbocycles. The zero-order valence-electron chi connectivity index (χ0n) is 12.7. The fourth-order valence-electron chi connectivity index (χ4n) is 1.58. The number of hydrogen-bond acceptors (Lipinski definition) is 5. The number of halogens is 1. The molecule has 1 N–H and O–H groups in total. The molecule has 6 nitrogen and oxygen atoms in total. The van der Waals surface area contributed by atoms with Crippen molar-refractivity contribution in [2.75, 3.05) is 52.6 Å². The van der Waals surface area contributed by atoms with Crippen LogP contribution in [0.3, 0.4) is 0 Å². The van der Waals surface area contributed by atoms with E-state index in [-0.39, 0.29) is 10.6 Å². The summed E-state index contributed by atoms with van der Waals surface area (Å²) >= 11 is 6.10. The van der Waals surface area contributed by atoms with Gasteiger partial charge in [-0.3, -0.25) is 4.79 Å². The van der Waals surface area contributed by atoms with Crippen molar-refractivity contribution in [3.05, 3.63) is 21.6 Å². The largest absolute Gasteiger partial charge is 0.381 e. The molecule has 0 bridgehead atoms. The molecule has 0 amide bonds. The second-order valence-electron chi connectivity index (χ2n) is 5.03. The van der Waals surface area contributed by atoms with Crippen molar-refractivity contribution in [1.82, 2.24) is 19.6 Å². The molecule has 1 heterocycles. The highest BCUT2D eigenvalue weighted by molar-refractivity contribution is 6.32. The van der Waals surface area contributed by atoms with Crippen molar-refractivity contribution in [2.45, 2.75) is 13.5 Å². The van der Waals surface area contributed by atoms with Gasteiger partial charge in [0.2, 0.25) is 0 Å². The lowest BCUT2D eigenvalue weighted by atomic mass is 10.4. The number of aromatic nitrogens is 2. The molecular weight excluding hydrogens is 278 g/mol. The number of likely N-dealkylation sites (N-methyl/N-ethyl adjacent to an activating group) is 2. The molecule has 0 fully saturated rings. The van der Waals surface area contributed by atoms with Crippen molar-refractivity contribution < 1.29 is 0 Å². The predicted molar refractivity (Wildman–Crippen MR) is 83.7 cm³/mol. The van der Waals surface area contributed by atoms with Crippen LogP contribution >= 0.6 is 11.6 Å². The summed E-state index contributed by atoms with van der Waals surface area (Å²) in [4.78, 5) is 16.2. The highest BCUT2D eigenvalue weighted by Gasteiger charge is 2.09. The molecule has 0 aliphatic rings. The summed E-state index contributed by atoms with van der Waals surface area (Å²) in [5.41, 5.74) is 0.352. The van der Waals surface area contributed by atoms with E-state index in [1.54, 1.807) is 6.20 Å². The monoisotopic (exact) mass is 301 g/mol. The number of anilines is 1. The lowest BCUT2D eigenvalue weighted by molar-refractivity contribution is 0.366. The molecule has 0 spiro atoms. The highest BCUT2D eigenvalue weighted by Crippen LogP contribution is 2.14. The maximum Gasteiger partial charge on any atom is 0.287 e. The standard InChI is InChI=1S/C13H24ClN5O/c1-5-18(4)7-6-15-11-10-16-19(9-8-17(2)3)13(20)12(11)14/h10,15H,5-9H2,1-4H3. The van der Waals surface area contributed by atoms with Crippen LogP contribution in [0, 0.1) is 0 Å². The molecule has 0 aliphatic heterocycles. The average molecular weight is 302 g/mol. The fraction of sp³-hybridized carbons (Fsp3) is 0.692. The summed E-state index contributed by atoms with van der Waals surface area (Å²) in [6.45, 7) is 5.98. The molecule has 0 unspecified atom stereocenters. The maximum atomic E-state index is 12.1. The van der Waals surface area contributed by atoms with Gasteiger partial charge in [0.25, 0.3) is 5.56 Å². The molecule has 1 rings (SSSR count). The smallest absolute Gasteiger partial charge is 0.287 e. The van der Waals surface area contributed by atoms with Crippen LogP contribution in [-0.2, 0) is 6.54 Å². The van der Waals surface area contributed by atoms with E-state index >= 15 is 0 Å². The zero-order valence-corrected chi connectivity index (χ0v) is 13.4. The maximum absolute atomic E-state index is 12.1. The van der Waals surface area contributed by atoms with Crippen LogP contribution in [0.15, 0.2) is 11.0 Å². The second kappa shape index (κ2) is 8.24. The van der Waals surface area contributed by atoms with E-state index < -0.39 is 0 Å². The topological polar surface area (TPSA) is 53.4 Å². The number of hydrogen-bond donors (Lipinski definition) is 1. The minimum Gasteiger partial charge on any atom is -0.381 e. The van der Waals surface area contributed by atoms with E-state index in [0.717, 1.165) is 26.2 Å². The van der Waals surface area contributed by atoms with E-state index in [4.69, 9.17) is 11.6 Å². The normalized spacial score (nSPS) is 11.3. The third kappa shape index (κ3) is 5.11. The Morgan fingerprint density at radius 2 is 2.05 bits per heavy atom.